The topological polar surface area (TPSA) is 70.9 Å². The highest BCUT2D eigenvalue weighted by molar-refractivity contribution is 6.31. The molecule has 0 radical (unpaired) electrons. The fraction of sp³-hybridized carbons (Fsp3) is 0.438. The van der Waals surface area contributed by atoms with E-state index in [1.807, 2.05) is 31.3 Å². The Labute approximate surface area is 129 Å². The zero-order chi connectivity index (χ0) is 15.0. The van der Waals surface area contributed by atoms with E-state index in [1.54, 1.807) is 0 Å². The number of hydrogen-bond acceptors (Lipinski definition) is 3. The first-order chi connectivity index (χ1) is 10.1. The van der Waals surface area contributed by atoms with Crippen LogP contribution >= 0.6 is 11.6 Å². The van der Waals surface area contributed by atoms with Crippen LogP contribution in [0, 0.1) is 0 Å². The normalized spacial score (nSPS) is 26.1. The molecule has 4 nitrogen and oxygen atoms in total. The summed E-state index contributed by atoms with van der Waals surface area (Å²) in [5.41, 5.74) is 7.11. The van der Waals surface area contributed by atoms with E-state index >= 15 is 0 Å². The van der Waals surface area contributed by atoms with Crippen molar-refractivity contribution in [3.8, 4) is 0 Å². The average Bonchev–Trinajstić information content (AvgIpc) is 2.90. The minimum absolute atomic E-state index is 0.0459. The van der Waals surface area contributed by atoms with Crippen LogP contribution in [0.1, 0.15) is 36.2 Å². The number of nitrogens with two attached hydrogens (primary N) is 1. The number of fused-ring (bicyclic) bond motifs is 1. The molecule has 0 amide bonds. The summed E-state index contributed by atoms with van der Waals surface area (Å²) in [6, 6.07) is 7.27. The second-order valence-electron chi connectivity index (χ2n) is 5.82. The summed E-state index contributed by atoms with van der Waals surface area (Å²) >= 11 is 6.00. The minimum atomic E-state index is -0.664. The van der Waals surface area contributed by atoms with Gasteiger partial charge in [-0.1, -0.05) is 24.4 Å². The highest BCUT2D eigenvalue weighted by Gasteiger charge is 2.44. The second kappa shape index (κ2) is 5.44. The Morgan fingerprint density at radius 2 is 2.24 bits per heavy atom. The fourth-order valence-electron chi connectivity index (χ4n) is 3.37. The van der Waals surface area contributed by atoms with Gasteiger partial charge in [0.2, 0.25) is 5.78 Å². The van der Waals surface area contributed by atoms with Gasteiger partial charge < -0.3 is 16.0 Å². The zero-order valence-corrected chi connectivity index (χ0v) is 12.8. The van der Waals surface area contributed by atoms with Gasteiger partial charge in [-0.15, -0.1) is 0 Å². The summed E-state index contributed by atoms with van der Waals surface area (Å²) in [5.74, 6) is 0.0459. The summed E-state index contributed by atoms with van der Waals surface area (Å²) in [6.45, 7) is 0. The van der Waals surface area contributed by atoms with Gasteiger partial charge in [0.25, 0.3) is 0 Å². The number of likely N-dealkylation sites (N-methyl/N-ethyl adjacent to an activating group) is 1. The smallest absolute Gasteiger partial charge is 0.200 e. The van der Waals surface area contributed by atoms with Gasteiger partial charge >= 0.3 is 0 Å². The Hall–Kier alpha value is -1.36. The van der Waals surface area contributed by atoms with E-state index < -0.39 is 5.54 Å². The Kier molecular flexibility index (Phi) is 3.78. The molecule has 0 spiro atoms. The number of benzene rings is 1. The van der Waals surface area contributed by atoms with Crippen molar-refractivity contribution in [1.82, 2.24) is 10.3 Å². The molecule has 3 rings (SSSR count). The Morgan fingerprint density at radius 3 is 2.95 bits per heavy atom. The van der Waals surface area contributed by atoms with E-state index in [0.29, 0.717) is 10.7 Å². The number of hydrogen-bond donors (Lipinski definition) is 3. The molecule has 1 aliphatic rings. The van der Waals surface area contributed by atoms with E-state index in [-0.39, 0.29) is 11.8 Å². The van der Waals surface area contributed by atoms with Gasteiger partial charge in [0.1, 0.15) is 0 Å². The van der Waals surface area contributed by atoms with Crippen LogP contribution in [0.4, 0.5) is 0 Å². The molecule has 1 aromatic carbocycles. The standard InChI is InChI=1S/C16H20ClN3O/c1-19-16(7-3-2-4-14(16)18)15(21)13-9-10-8-11(17)5-6-12(10)20-13/h5-6,8-9,14,19-20H,2-4,7,18H2,1H3. The zero-order valence-electron chi connectivity index (χ0n) is 12.1. The monoisotopic (exact) mass is 305 g/mol. The molecule has 2 unspecified atom stereocenters. The molecule has 1 aromatic heterocycles. The van der Waals surface area contributed by atoms with Gasteiger partial charge in [-0.3, -0.25) is 4.79 Å². The van der Waals surface area contributed by atoms with Crippen molar-refractivity contribution in [2.45, 2.75) is 37.3 Å². The lowest BCUT2D eigenvalue weighted by Crippen LogP contribution is -2.63. The SMILES string of the molecule is CNC1(C(=O)c2cc3cc(Cl)ccc3[nH]2)CCCCC1N. The number of nitrogens with one attached hydrogen (secondary N) is 2. The molecule has 0 bridgehead atoms. The quantitative estimate of drug-likeness (QED) is 0.764. The summed E-state index contributed by atoms with van der Waals surface area (Å²) < 4.78 is 0. The van der Waals surface area contributed by atoms with Crippen LogP contribution in [0.2, 0.25) is 5.02 Å². The van der Waals surface area contributed by atoms with Crippen molar-refractivity contribution in [2.75, 3.05) is 7.05 Å². The number of rotatable bonds is 3. The number of carbonyl (C=O) groups excluding carboxylic acids is 1. The van der Waals surface area contributed by atoms with Crippen molar-refractivity contribution in [3.63, 3.8) is 0 Å². The lowest BCUT2D eigenvalue weighted by Gasteiger charge is -2.40. The maximum absolute atomic E-state index is 13.0. The van der Waals surface area contributed by atoms with E-state index in [0.717, 1.165) is 36.6 Å². The van der Waals surface area contributed by atoms with Crippen molar-refractivity contribution in [1.29, 1.82) is 0 Å². The molecule has 1 heterocycles. The van der Waals surface area contributed by atoms with Crippen LogP contribution in [0.5, 0.6) is 0 Å². The van der Waals surface area contributed by atoms with Crippen molar-refractivity contribution in [3.05, 3.63) is 35.0 Å². The Bertz CT molecular complexity index is 681. The van der Waals surface area contributed by atoms with Crippen molar-refractivity contribution < 1.29 is 4.79 Å². The Balaban J connectivity index is 2.02. The number of carbonyl (C=O) groups is 1. The van der Waals surface area contributed by atoms with E-state index in [1.165, 1.54) is 0 Å². The third-order valence-electron chi connectivity index (χ3n) is 4.65. The lowest BCUT2D eigenvalue weighted by molar-refractivity contribution is 0.0770. The number of halogens is 1. The molecular formula is C16H20ClN3O. The van der Waals surface area contributed by atoms with Gasteiger partial charge in [0.05, 0.1) is 11.2 Å². The predicted molar refractivity (Wildman–Crippen MR) is 85.9 cm³/mol. The summed E-state index contributed by atoms with van der Waals surface area (Å²) in [6.07, 6.45) is 3.75. The van der Waals surface area contributed by atoms with Crippen LogP contribution in [-0.4, -0.2) is 29.4 Å². The third-order valence-corrected chi connectivity index (χ3v) is 4.88. The van der Waals surface area contributed by atoms with Gasteiger partial charge in [-0.05, 0) is 44.2 Å². The maximum Gasteiger partial charge on any atom is 0.200 e. The van der Waals surface area contributed by atoms with E-state index in [9.17, 15) is 4.79 Å². The second-order valence-corrected chi connectivity index (χ2v) is 6.25. The minimum Gasteiger partial charge on any atom is -0.352 e. The lowest BCUT2D eigenvalue weighted by atomic mass is 9.74. The first-order valence-electron chi connectivity index (χ1n) is 7.34. The predicted octanol–water partition coefficient (Wildman–Crippen LogP) is 2.86. The van der Waals surface area contributed by atoms with E-state index in [4.69, 9.17) is 17.3 Å². The molecule has 0 saturated heterocycles. The molecule has 1 saturated carbocycles. The fourth-order valence-corrected chi connectivity index (χ4v) is 3.55. The van der Waals surface area contributed by atoms with Crippen molar-refractivity contribution in [2.24, 2.45) is 5.73 Å². The molecule has 5 heteroatoms. The number of ketones is 1. The van der Waals surface area contributed by atoms with Crippen LogP contribution in [0.3, 0.4) is 0 Å². The number of Topliss-reactive ketones (excluding diaryl/α,β-unsaturated/α-hetero) is 1. The molecule has 2 atom stereocenters. The van der Waals surface area contributed by atoms with Crippen LogP contribution in [0.15, 0.2) is 24.3 Å². The van der Waals surface area contributed by atoms with Gasteiger partial charge in [0, 0.05) is 22.0 Å². The number of aromatic amines is 1. The Morgan fingerprint density at radius 1 is 1.43 bits per heavy atom. The maximum atomic E-state index is 13.0. The van der Waals surface area contributed by atoms with Gasteiger partial charge in [-0.25, -0.2) is 0 Å². The first kappa shape index (κ1) is 14.6. The molecule has 4 N–H and O–H groups in total. The van der Waals surface area contributed by atoms with Crippen LogP contribution in [0.25, 0.3) is 10.9 Å². The summed E-state index contributed by atoms with van der Waals surface area (Å²) in [4.78, 5) is 16.2. The number of aromatic nitrogens is 1. The summed E-state index contributed by atoms with van der Waals surface area (Å²) in [5, 5.41) is 4.81. The van der Waals surface area contributed by atoms with Gasteiger partial charge in [0.15, 0.2) is 0 Å². The molecule has 112 valence electrons. The largest absolute Gasteiger partial charge is 0.352 e. The van der Waals surface area contributed by atoms with E-state index in [2.05, 4.69) is 10.3 Å². The highest BCUT2D eigenvalue weighted by Crippen LogP contribution is 2.31. The van der Waals surface area contributed by atoms with Crippen LogP contribution in [-0.2, 0) is 0 Å². The molecule has 0 aliphatic heterocycles. The van der Waals surface area contributed by atoms with Gasteiger partial charge in [-0.2, -0.15) is 0 Å². The summed E-state index contributed by atoms with van der Waals surface area (Å²) in [7, 11) is 1.82. The molecule has 21 heavy (non-hydrogen) atoms. The molecule has 1 aliphatic carbocycles. The molecular weight excluding hydrogens is 286 g/mol. The van der Waals surface area contributed by atoms with Crippen LogP contribution < -0.4 is 11.1 Å². The van der Waals surface area contributed by atoms with Crippen molar-refractivity contribution >= 4 is 28.3 Å². The molecule has 2 aromatic rings. The third kappa shape index (κ3) is 2.37. The highest BCUT2D eigenvalue weighted by atomic mass is 35.5. The molecule has 1 fully saturated rings. The first-order valence-corrected chi connectivity index (χ1v) is 7.72. The number of H-pyrrole nitrogens is 1. The average molecular weight is 306 g/mol.